The van der Waals surface area contributed by atoms with Crippen LogP contribution < -0.4 is 0 Å². The molecular weight excluding hydrogens is 216 g/mol. The fraction of sp³-hybridized carbons (Fsp3) is 0.600. The number of rotatable bonds is 1. The van der Waals surface area contributed by atoms with Gasteiger partial charge in [0.1, 0.15) is 0 Å². The molecule has 0 saturated carbocycles. The quantitative estimate of drug-likeness (QED) is 0.724. The lowest BCUT2D eigenvalue weighted by atomic mass is 10.1. The zero-order chi connectivity index (χ0) is 12.1. The zero-order valence-electron chi connectivity index (χ0n) is 9.42. The second-order valence-electron chi connectivity index (χ2n) is 4.19. The van der Waals surface area contributed by atoms with Crippen molar-refractivity contribution in [1.29, 1.82) is 0 Å². The summed E-state index contributed by atoms with van der Waals surface area (Å²) in [5.74, 6) is -3.08. The van der Waals surface area contributed by atoms with Gasteiger partial charge in [0.2, 0.25) is 0 Å². The van der Waals surface area contributed by atoms with Crippen molar-refractivity contribution >= 4 is 5.91 Å². The van der Waals surface area contributed by atoms with Crippen LogP contribution >= 0.6 is 0 Å². The smallest absolute Gasteiger partial charge is 0.282 e. The van der Waals surface area contributed by atoms with E-state index in [9.17, 15) is 13.6 Å². The van der Waals surface area contributed by atoms with E-state index in [2.05, 4.69) is 5.10 Å². The fourth-order valence-corrected chi connectivity index (χ4v) is 1.90. The monoisotopic (exact) mass is 229 g/mol. The second kappa shape index (κ2) is 3.26. The Balaban J connectivity index is 2.23. The number of hydrogen-bond acceptors (Lipinski definition) is 2. The number of amides is 1. The van der Waals surface area contributed by atoms with Gasteiger partial charge in [-0.1, -0.05) is 0 Å². The minimum absolute atomic E-state index is 0.353. The third kappa shape index (κ3) is 1.58. The van der Waals surface area contributed by atoms with E-state index in [0.29, 0.717) is 17.0 Å². The molecule has 0 N–H and O–H groups in total. The third-order valence-corrected chi connectivity index (χ3v) is 2.85. The highest BCUT2D eigenvalue weighted by Crippen LogP contribution is 2.29. The van der Waals surface area contributed by atoms with E-state index in [1.54, 1.807) is 25.6 Å². The molecule has 16 heavy (non-hydrogen) atoms. The predicted molar refractivity (Wildman–Crippen MR) is 53.5 cm³/mol. The maximum absolute atomic E-state index is 12.7. The Morgan fingerprint density at radius 3 is 2.31 bits per heavy atom. The molecule has 0 spiro atoms. The topological polar surface area (TPSA) is 38.1 Å². The SMILES string of the molecule is Cc1nn(C)c(C)c1C(=O)N1CC(F)(F)C1. The lowest BCUT2D eigenvalue weighted by Gasteiger charge is -2.38. The number of alkyl halides is 2. The lowest BCUT2D eigenvalue weighted by molar-refractivity contribution is -0.113. The number of carbonyl (C=O) groups is 1. The van der Waals surface area contributed by atoms with Crippen molar-refractivity contribution in [2.24, 2.45) is 7.05 Å². The average molecular weight is 229 g/mol. The molecule has 6 heteroatoms. The number of likely N-dealkylation sites (tertiary alicyclic amines) is 1. The summed E-state index contributed by atoms with van der Waals surface area (Å²) in [4.78, 5) is 13.1. The van der Waals surface area contributed by atoms with E-state index < -0.39 is 19.0 Å². The fourth-order valence-electron chi connectivity index (χ4n) is 1.90. The Hall–Kier alpha value is -1.46. The third-order valence-electron chi connectivity index (χ3n) is 2.85. The molecule has 0 radical (unpaired) electrons. The molecule has 2 heterocycles. The van der Waals surface area contributed by atoms with E-state index >= 15 is 0 Å². The first-order valence-corrected chi connectivity index (χ1v) is 4.99. The average Bonchev–Trinajstić information content (AvgIpc) is 2.36. The Bertz CT molecular complexity index is 445. The van der Waals surface area contributed by atoms with Crippen LogP contribution in [0, 0.1) is 13.8 Å². The molecule has 0 aliphatic carbocycles. The van der Waals surface area contributed by atoms with Gasteiger partial charge >= 0.3 is 0 Å². The van der Waals surface area contributed by atoms with Crippen molar-refractivity contribution in [2.75, 3.05) is 13.1 Å². The van der Waals surface area contributed by atoms with E-state index in [0.717, 1.165) is 4.90 Å². The Labute approximate surface area is 91.8 Å². The highest BCUT2D eigenvalue weighted by Gasteiger charge is 2.47. The van der Waals surface area contributed by atoms with Gasteiger partial charge < -0.3 is 4.90 Å². The van der Waals surface area contributed by atoms with Gasteiger partial charge in [-0.05, 0) is 13.8 Å². The van der Waals surface area contributed by atoms with Crippen LogP contribution in [0.4, 0.5) is 8.78 Å². The van der Waals surface area contributed by atoms with Gasteiger partial charge in [0.25, 0.3) is 11.8 Å². The van der Waals surface area contributed by atoms with Gasteiger partial charge in [-0.15, -0.1) is 0 Å². The standard InChI is InChI=1S/C10H13F2N3O/c1-6-8(7(2)14(3)13-6)9(16)15-4-10(11,12)5-15/h4-5H2,1-3H3. The van der Waals surface area contributed by atoms with Crippen molar-refractivity contribution in [3.63, 3.8) is 0 Å². The molecule has 1 aromatic heterocycles. The van der Waals surface area contributed by atoms with Gasteiger partial charge in [-0.2, -0.15) is 5.10 Å². The van der Waals surface area contributed by atoms with Gasteiger partial charge in [-0.3, -0.25) is 9.48 Å². The van der Waals surface area contributed by atoms with Crippen molar-refractivity contribution in [3.8, 4) is 0 Å². The summed E-state index contributed by atoms with van der Waals surface area (Å²) in [6, 6.07) is 0. The molecular formula is C10H13F2N3O. The minimum atomic E-state index is -2.72. The molecule has 1 saturated heterocycles. The molecule has 88 valence electrons. The summed E-state index contributed by atoms with van der Waals surface area (Å²) in [5.41, 5.74) is 1.73. The summed E-state index contributed by atoms with van der Waals surface area (Å²) in [6.45, 7) is 2.49. The van der Waals surface area contributed by atoms with E-state index in [1.807, 2.05) is 0 Å². The number of aryl methyl sites for hydroxylation is 2. The minimum Gasteiger partial charge on any atom is -0.326 e. The molecule has 4 nitrogen and oxygen atoms in total. The van der Waals surface area contributed by atoms with Crippen LogP contribution in [-0.4, -0.2) is 39.6 Å². The van der Waals surface area contributed by atoms with Crippen LogP contribution in [0.25, 0.3) is 0 Å². The van der Waals surface area contributed by atoms with Crippen LogP contribution in [0.15, 0.2) is 0 Å². The molecule has 0 bridgehead atoms. The summed E-state index contributed by atoms with van der Waals surface area (Å²) >= 11 is 0. The summed E-state index contributed by atoms with van der Waals surface area (Å²) in [7, 11) is 1.73. The molecule has 2 rings (SSSR count). The van der Waals surface area contributed by atoms with Crippen LogP contribution in [0.1, 0.15) is 21.7 Å². The lowest BCUT2D eigenvalue weighted by Crippen LogP contribution is -2.58. The van der Waals surface area contributed by atoms with Crippen molar-refractivity contribution in [2.45, 2.75) is 19.8 Å². The first kappa shape index (κ1) is 11.0. The Morgan fingerprint density at radius 2 is 1.94 bits per heavy atom. The molecule has 1 amide bonds. The van der Waals surface area contributed by atoms with Crippen LogP contribution in [0.2, 0.25) is 0 Å². The van der Waals surface area contributed by atoms with Gasteiger partial charge in [-0.25, -0.2) is 8.78 Å². The van der Waals surface area contributed by atoms with Crippen LogP contribution in [0.3, 0.4) is 0 Å². The molecule has 0 atom stereocenters. The molecule has 0 aromatic carbocycles. The first-order chi connectivity index (χ1) is 7.32. The largest absolute Gasteiger partial charge is 0.326 e. The molecule has 1 aromatic rings. The number of hydrogen-bond donors (Lipinski definition) is 0. The van der Waals surface area contributed by atoms with E-state index in [1.165, 1.54) is 0 Å². The molecule has 1 aliphatic heterocycles. The number of halogens is 2. The summed E-state index contributed by atoms with van der Waals surface area (Å²) in [6.07, 6.45) is 0. The number of aromatic nitrogens is 2. The Kier molecular flexibility index (Phi) is 2.25. The van der Waals surface area contributed by atoms with Crippen LogP contribution in [0.5, 0.6) is 0 Å². The normalized spacial score (nSPS) is 18.4. The van der Waals surface area contributed by atoms with Crippen molar-refractivity contribution in [1.82, 2.24) is 14.7 Å². The van der Waals surface area contributed by atoms with Crippen LogP contribution in [-0.2, 0) is 7.05 Å². The molecule has 1 aliphatic rings. The van der Waals surface area contributed by atoms with Crippen molar-refractivity contribution in [3.05, 3.63) is 17.0 Å². The summed E-state index contributed by atoms with van der Waals surface area (Å²) < 4.78 is 26.9. The zero-order valence-corrected chi connectivity index (χ0v) is 9.42. The van der Waals surface area contributed by atoms with Gasteiger partial charge in [0.05, 0.1) is 24.3 Å². The number of nitrogens with zero attached hydrogens (tertiary/aromatic N) is 3. The maximum Gasteiger partial charge on any atom is 0.282 e. The van der Waals surface area contributed by atoms with Crippen molar-refractivity contribution < 1.29 is 13.6 Å². The first-order valence-electron chi connectivity index (χ1n) is 4.99. The summed E-state index contributed by atoms with van der Waals surface area (Å²) in [5, 5.41) is 4.09. The molecule has 1 fully saturated rings. The van der Waals surface area contributed by atoms with E-state index in [4.69, 9.17) is 0 Å². The van der Waals surface area contributed by atoms with E-state index in [-0.39, 0.29) is 5.91 Å². The Morgan fingerprint density at radius 1 is 1.38 bits per heavy atom. The number of carbonyl (C=O) groups excluding carboxylic acids is 1. The molecule has 0 unspecified atom stereocenters. The highest BCUT2D eigenvalue weighted by molar-refractivity contribution is 5.97. The highest BCUT2D eigenvalue weighted by atomic mass is 19.3. The van der Waals surface area contributed by atoms with Gasteiger partial charge in [0, 0.05) is 12.7 Å². The second-order valence-corrected chi connectivity index (χ2v) is 4.19. The maximum atomic E-state index is 12.7. The van der Waals surface area contributed by atoms with Gasteiger partial charge in [0.15, 0.2) is 0 Å². The predicted octanol–water partition coefficient (Wildman–Crippen LogP) is 1.13.